The molecule has 1 fully saturated rings. The Balaban J connectivity index is 2.25. The van der Waals surface area contributed by atoms with Crippen LogP contribution in [0.2, 0.25) is 0 Å². The first kappa shape index (κ1) is 15.7. The van der Waals surface area contributed by atoms with Crippen LogP contribution in [0, 0.1) is 11.3 Å². The van der Waals surface area contributed by atoms with Gasteiger partial charge in [0.25, 0.3) is 0 Å². The van der Waals surface area contributed by atoms with Gasteiger partial charge in [0.2, 0.25) is 0 Å². The molecule has 0 bridgehead atoms. The predicted molar refractivity (Wildman–Crippen MR) is 77.3 cm³/mol. The van der Waals surface area contributed by atoms with Crippen LogP contribution >= 0.6 is 0 Å². The summed E-state index contributed by atoms with van der Waals surface area (Å²) in [6, 6.07) is 1.98. The molecule has 114 valence electrons. The number of morpholine rings is 1. The molecule has 0 unspecified atom stereocenters. The number of esters is 1. The van der Waals surface area contributed by atoms with E-state index in [1.54, 1.807) is 13.0 Å². The number of nitriles is 1. The highest BCUT2D eigenvalue weighted by molar-refractivity contribution is 5.93. The Labute approximate surface area is 125 Å². The molecule has 2 aliphatic rings. The van der Waals surface area contributed by atoms with E-state index in [1.165, 1.54) is 17.0 Å². The van der Waals surface area contributed by atoms with E-state index in [0.29, 0.717) is 6.61 Å². The molecule has 0 aromatic rings. The lowest BCUT2D eigenvalue weighted by molar-refractivity contribution is -0.871. The third kappa shape index (κ3) is 4.16. The summed E-state index contributed by atoms with van der Waals surface area (Å²) >= 11 is 0. The summed E-state index contributed by atoms with van der Waals surface area (Å²) in [4.78, 5) is 13.2. The summed E-state index contributed by atoms with van der Waals surface area (Å²) in [6.07, 6.45) is 6.01. The van der Waals surface area contributed by atoms with Gasteiger partial charge < -0.3 is 14.4 Å². The van der Waals surface area contributed by atoms with Gasteiger partial charge in [0.05, 0.1) is 19.8 Å². The first-order chi connectivity index (χ1) is 10.3. The highest BCUT2D eigenvalue weighted by Crippen LogP contribution is 2.23. The zero-order chi connectivity index (χ0) is 15.1. The Morgan fingerprint density at radius 3 is 2.76 bits per heavy atom. The molecule has 5 nitrogen and oxygen atoms in total. The van der Waals surface area contributed by atoms with Crippen molar-refractivity contribution in [1.29, 1.82) is 5.26 Å². The minimum atomic E-state index is -0.519. The van der Waals surface area contributed by atoms with Crippen molar-refractivity contribution in [3.63, 3.8) is 0 Å². The monoisotopic (exact) mass is 291 g/mol. The Morgan fingerprint density at radius 2 is 2.10 bits per heavy atom. The number of nitrogens with zero attached hydrogens (tertiary/aromatic N) is 1. The lowest BCUT2D eigenvalue weighted by Crippen LogP contribution is -3.12. The molecule has 0 aromatic heterocycles. The van der Waals surface area contributed by atoms with E-state index in [2.05, 4.69) is 0 Å². The number of nitrogens with one attached hydrogen (secondary N) is 1. The van der Waals surface area contributed by atoms with Gasteiger partial charge in [-0.1, -0.05) is 0 Å². The van der Waals surface area contributed by atoms with Gasteiger partial charge in [-0.2, -0.15) is 5.26 Å². The summed E-state index contributed by atoms with van der Waals surface area (Å²) < 4.78 is 10.4. The average Bonchev–Trinajstić information content (AvgIpc) is 2.54. The van der Waals surface area contributed by atoms with Crippen LogP contribution in [-0.2, 0) is 14.3 Å². The van der Waals surface area contributed by atoms with Gasteiger partial charge in [-0.15, -0.1) is 0 Å². The second-order valence-electron chi connectivity index (χ2n) is 5.32. The number of carbonyl (C=O) groups excluding carboxylic acids is 1. The second kappa shape index (κ2) is 7.96. The van der Waals surface area contributed by atoms with Crippen molar-refractivity contribution < 1.29 is 19.2 Å². The predicted octanol–water partition coefficient (Wildman–Crippen LogP) is 0.743. The van der Waals surface area contributed by atoms with Crippen LogP contribution in [0.1, 0.15) is 32.6 Å². The fourth-order valence-corrected chi connectivity index (χ4v) is 2.93. The molecule has 1 aliphatic heterocycles. The maximum absolute atomic E-state index is 11.8. The Bertz CT molecular complexity index is 482. The summed E-state index contributed by atoms with van der Waals surface area (Å²) in [7, 11) is 0. The summed E-state index contributed by atoms with van der Waals surface area (Å²) in [6.45, 7) is 5.52. The average molecular weight is 291 g/mol. The standard InChI is InChI=1S/C16H22N2O3/c1-2-21-16(19)14(12-17)11-13-5-3-4-6-15(13)18-7-9-20-10-8-18/h11H,2-10H2,1H3/p+1. The number of quaternary nitrogens is 1. The zero-order valence-corrected chi connectivity index (χ0v) is 12.6. The Morgan fingerprint density at radius 1 is 1.38 bits per heavy atom. The van der Waals surface area contributed by atoms with Gasteiger partial charge in [-0.25, -0.2) is 4.79 Å². The first-order valence-corrected chi connectivity index (χ1v) is 7.70. The normalized spacial score (nSPS) is 21.0. The number of carbonyl (C=O) groups is 1. The van der Waals surface area contributed by atoms with Crippen molar-refractivity contribution in [2.24, 2.45) is 0 Å². The quantitative estimate of drug-likeness (QED) is 0.471. The molecule has 2 rings (SSSR count). The fraction of sp³-hybridized carbons (Fsp3) is 0.625. The van der Waals surface area contributed by atoms with E-state index >= 15 is 0 Å². The van der Waals surface area contributed by atoms with E-state index < -0.39 is 5.97 Å². The van der Waals surface area contributed by atoms with Crippen molar-refractivity contribution in [3.8, 4) is 6.07 Å². The van der Waals surface area contributed by atoms with Crippen molar-refractivity contribution in [3.05, 3.63) is 22.9 Å². The highest BCUT2D eigenvalue weighted by atomic mass is 16.5. The number of hydrogen-bond donors (Lipinski definition) is 1. The van der Waals surface area contributed by atoms with Crippen LogP contribution in [0.4, 0.5) is 0 Å². The fourth-order valence-electron chi connectivity index (χ4n) is 2.93. The lowest BCUT2D eigenvalue weighted by Gasteiger charge is -2.29. The van der Waals surface area contributed by atoms with Gasteiger partial charge in [0.15, 0.2) is 0 Å². The molecule has 0 saturated carbocycles. The van der Waals surface area contributed by atoms with E-state index in [-0.39, 0.29) is 5.57 Å². The van der Waals surface area contributed by atoms with Crippen molar-refractivity contribution in [1.82, 2.24) is 0 Å². The van der Waals surface area contributed by atoms with Gasteiger partial charge in [-0.3, -0.25) is 0 Å². The summed E-state index contributed by atoms with van der Waals surface area (Å²) in [5.74, 6) is -0.519. The van der Waals surface area contributed by atoms with E-state index in [0.717, 1.165) is 51.1 Å². The number of hydrogen-bond acceptors (Lipinski definition) is 4. The van der Waals surface area contributed by atoms with E-state index in [4.69, 9.17) is 9.47 Å². The maximum atomic E-state index is 11.8. The molecule has 1 heterocycles. The molecule has 1 aliphatic carbocycles. The zero-order valence-electron chi connectivity index (χ0n) is 12.6. The number of allylic oxidation sites excluding steroid dienone is 3. The highest BCUT2D eigenvalue weighted by Gasteiger charge is 2.25. The molecule has 0 radical (unpaired) electrons. The minimum Gasteiger partial charge on any atom is -0.462 e. The van der Waals surface area contributed by atoms with Crippen molar-refractivity contribution in [2.45, 2.75) is 32.6 Å². The Hall–Kier alpha value is -1.64. The van der Waals surface area contributed by atoms with Crippen LogP contribution in [0.5, 0.6) is 0 Å². The number of ether oxygens (including phenoxy) is 2. The molecular weight excluding hydrogens is 268 g/mol. The number of rotatable bonds is 4. The van der Waals surface area contributed by atoms with Crippen LogP contribution in [0.15, 0.2) is 22.9 Å². The third-order valence-corrected chi connectivity index (χ3v) is 3.97. The topological polar surface area (TPSA) is 63.8 Å². The smallest absolute Gasteiger partial charge is 0.348 e. The van der Waals surface area contributed by atoms with E-state index in [9.17, 15) is 10.1 Å². The van der Waals surface area contributed by atoms with Gasteiger partial charge in [-0.05, 0) is 32.3 Å². The van der Waals surface area contributed by atoms with Crippen LogP contribution in [0.25, 0.3) is 0 Å². The maximum Gasteiger partial charge on any atom is 0.348 e. The van der Waals surface area contributed by atoms with Crippen LogP contribution in [-0.4, -0.2) is 38.9 Å². The minimum absolute atomic E-state index is 0.110. The molecule has 0 amide bonds. The summed E-state index contributed by atoms with van der Waals surface area (Å²) in [5, 5.41) is 9.18. The third-order valence-electron chi connectivity index (χ3n) is 3.97. The first-order valence-electron chi connectivity index (χ1n) is 7.70. The largest absolute Gasteiger partial charge is 0.462 e. The van der Waals surface area contributed by atoms with E-state index in [1.807, 2.05) is 6.07 Å². The molecule has 5 heteroatoms. The molecule has 0 aromatic carbocycles. The van der Waals surface area contributed by atoms with Crippen molar-refractivity contribution >= 4 is 5.97 Å². The molecular formula is C16H23N2O3+. The van der Waals surface area contributed by atoms with Gasteiger partial charge in [0, 0.05) is 12.0 Å². The Kier molecular flexibility index (Phi) is 5.97. The molecule has 21 heavy (non-hydrogen) atoms. The lowest BCUT2D eigenvalue weighted by atomic mass is 9.93. The van der Waals surface area contributed by atoms with Crippen molar-refractivity contribution in [2.75, 3.05) is 32.9 Å². The molecule has 0 atom stereocenters. The molecule has 1 N–H and O–H groups in total. The van der Waals surface area contributed by atoms with Gasteiger partial charge in [0.1, 0.15) is 30.4 Å². The molecule has 1 saturated heterocycles. The SMILES string of the molecule is CCOC(=O)C(C#N)=CC1=C([NH+]2CCOCC2)CCCC1. The van der Waals surface area contributed by atoms with Crippen LogP contribution < -0.4 is 4.90 Å². The summed E-state index contributed by atoms with van der Waals surface area (Å²) in [5.41, 5.74) is 2.60. The van der Waals surface area contributed by atoms with Gasteiger partial charge >= 0.3 is 5.97 Å². The second-order valence-corrected chi connectivity index (χ2v) is 5.32. The van der Waals surface area contributed by atoms with Crippen LogP contribution in [0.3, 0.4) is 0 Å². The molecule has 0 spiro atoms.